The number of carboxylic acids is 2. The Bertz CT molecular complexity index is 1170. The molecule has 2 atom stereocenters. The van der Waals surface area contributed by atoms with Crippen LogP contribution in [0, 0.1) is 0 Å². The minimum Gasteiger partial charge on any atom is -0.550 e. The van der Waals surface area contributed by atoms with Crippen LogP contribution in [0.3, 0.4) is 0 Å². The van der Waals surface area contributed by atoms with Gasteiger partial charge in [0.1, 0.15) is 0 Å². The Kier molecular flexibility index (Phi) is 39.0. The Morgan fingerprint density at radius 3 is 0.898 bits per heavy atom. The summed E-state index contributed by atoms with van der Waals surface area (Å²) in [5, 5.41) is 20.9. The van der Waals surface area contributed by atoms with E-state index in [9.17, 15) is 19.8 Å². The molecule has 0 spiro atoms. The van der Waals surface area contributed by atoms with E-state index in [0.29, 0.717) is 11.8 Å². The zero-order valence-corrected chi connectivity index (χ0v) is 39.2. The molecule has 2 aromatic carbocycles. The maximum Gasteiger partial charge on any atom is 2.00 e. The zero-order valence-electron chi connectivity index (χ0n) is 38.0. The van der Waals surface area contributed by atoms with Crippen molar-refractivity contribution in [2.24, 2.45) is 0 Å². The van der Waals surface area contributed by atoms with Gasteiger partial charge in [-0.1, -0.05) is 242 Å². The molecule has 5 heteroatoms. The van der Waals surface area contributed by atoms with E-state index in [-0.39, 0.29) is 29.9 Å². The smallest absolute Gasteiger partial charge is 0.550 e. The van der Waals surface area contributed by atoms with Gasteiger partial charge in [-0.2, -0.15) is 0 Å². The topological polar surface area (TPSA) is 80.3 Å². The van der Waals surface area contributed by atoms with E-state index in [1.54, 1.807) is 0 Å². The largest absolute Gasteiger partial charge is 2.00 e. The molecular formula is C54H86MnO4. The maximum atomic E-state index is 10.4. The number of unbranched alkanes of at least 4 members (excludes halogenated alkanes) is 22. The normalized spacial score (nSPS) is 11.8. The van der Waals surface area contributed by atoms with Gasteiger partial charge in [0.05, 0.1) is 0 Å². The molecule has 0 aliphatic carbocycles. The molecule has 2 aromatic rings. The Morgan fingerprint density at radius 2 is 0.661 bits per heavy atom. The number of carbonyl (C=O) groups is 2. The van der Waals surface area contributed by atoms with Crippen LogP contribution >= 0.6 is 0 Å². The summed E-state index contributed by atoms with van der Waals surface area (Å²) in [5.41, 5.74) is 5.35. The van der Waals surface area contributed by atoms with Crippen molar-refractivity contribution in [2.75, 3.05) is 0 Å². The van der Waals surface area contributed by atoms with E-state index in [0.717, 1.165) is 38.5 Å². The Balaban J connectivity index is 0.00000112. The molecule has 0 aromatic heterocycles. The molecule has 59 heavy (non-hydrogen) atoms. The fraction of sp³-hybridized carbons (Fsp3) is 0.667. The number of rotatable bonds is 38. The first-order chi connectivity index (χ1) is 28.3. The van der Waals surface area contributed by atoms with E-state index in [1.165, 1.54) is 176 Å². The molecule has 0 saturated carbocycles. The van der Waals surface area contributed by atoms with Crippen LogP contribution < -0.4 is 10.2 Å². The second-order valence-electron chi connectivity index (χ2n) is 17.0. The Labute approximate surface area is 374 Å². The number of hydrogen-bond acceptors (Lipinski definition) is 4. The predicted molar refractivity (Wildman–Crippen MR) is 248 cm³/mol. The maximum absolute atomic E-state index is 10.4. The van der Waals surface area contributed by atoms with Gasteiger partial charge in [-0.25, -0.2) is 0 Å². The summed E-state index contributed by atoms with van der Waals surface area (Å²) < 4.78 is 0. The summed E-state index contributed by atoms with van der Waals surface area (Å²) in [6.45, 7) is 12.3. The van der Waals surface area contributed by atoms with Crippen LogP contribution in [0.15, 0.2) is 61.7 Å². The van der Waals surface area contributed by atoms with Gasteiger partial charge in [0.15, 0.2) is 0 Å². The molecule has 0 fully saturated rings. The summed E-state index contributed by atoms with van der Waals surface area (Å²) in [6.07, 6.45) is 41.8. The second-order valence-corrected chi connectivity index (χ2v) is 17.0. The van der Waals surface area contributed by atoms with Crippen molar-refractivity contribution in [2.45, 2.75) is 231 Å². The van der Waals surface area contributed by atoms with Gasteiger partial charge >= 0.3 is 17.1 Å². The molecule has 0 amide bonds. The van der Waals surface area contributed by atoms with Crippen LogP contribution in [0.25, 0.3) is 12.2 Å². The molecule has 0 heterocycles. The average molecular weight is 854 g/mol. The Hall–Kier alpha value is -2.62. The van der Waals surface area contributed by atoms with Crippen molar-refractivity contribution in [3.05, 3.63) is 83.9 Å². The molecule has 0 bridgehead atoms. The van der Waals surface area contributed by atoms with E-state index < -0.39 is 11.9 Å². The molecule has 0 saturated heterocycles. The predicted octanol–water partition coefficient (Wildman–Crippen LogP) is 14.8. The van der Waals surface area contributed by atoms with Gasteiger partial charge in [0.2, 0.25) is 0 Å². The third-order valence-electron chi connectivity index (χ3n) is 12.0. The number of hydrogen-bond donors (Lipinski definition) is 0. The molecule has 0 aliphatic rings. The van der Waals surface area contributed by atoms with Crippen molar-refractivity contribution in [1.29, 1.82) is 0 Å². The van der Waals surface area contributed by atoms with Crippen molar-refractivity contribution in [3.63, 3.8) is 0 Å². The van der Waals surface area contributed by atoms with E-state index in [4.69, 9.17) is 0 Å². The van der Waals surface area contributed by atoms with Crippen LogP contribution in [0.5, 0.6) is 0 Å². The first kappa shape index (κ1) is 56.4. The van der Waals surface area contributed by atoms with Gasteiger partial charge in [-0.3, -0.25) is 0 Å². The van der Waals surface area contributed by atoms with E-state index >= 15 is 0 Å². The van der Waals surface area contributed by atoms with Crippen molar-refractivity contribution < 1.29 is 36.9 Å². The second kappa shape index (κ2) is 40.8. The Morgan fingerprint density at radius 1 is 0.424 bits per heavy atom. The molecule has 0 N–H and O–H groups in total. The summed E-state index contributed by atoms with van der Waals surface area (Å²) in [4.78, 5) is 20.9. The van der Waals surface area contributed by atoms with E-state index in [2.05, 4.69) is 75.5 Å². The minimum atomic E-state index is -0.916. The van der Waals surface area contributed by atoms with E-state index in [1.807, 2.05) is 12.2 Å². The zero-order chi connectivity index (χ0) is 42.3. The number of aliphatic carboxylic acids is 2. The summed E-state index contributed by atoms with van der Waals surface area (Å²) in [6, 6.07) is 17.9. The van der Waals surface area contributed by atoms with Gasteiger partial charge < -0.3 is 19.8 Å². The molecule has 4 nitrogen and oxygen atoms in total. The van der Waals surface area contributed by atoms with Crippen LogP contribution in [-0.4, -0.2) is 11.9 Å². The number of carbonyl (C=O) groups excluding carboxylic acids is 2. The fourth-order valence-corrected chi connectivity index (χ4v) is 8.19. The molecule has 2 unspecified atom stereocenters. The van der Waals surface area contributed by atoms with Crippen LogP contribution in [0.2, 0.25) is 0 Å². The average Bonchev–Trinajstić information content (AvgIpc) is 3.23. The van der Waals surface area contributed by atoms with Gasteiger partial charge in [0.25, 0.3) is 0 Å². The standard InChI is InChI=1S/2C27H44O2.Mn/c2*1-3-5-6-7-8-11-14-17-25(26-22-20-24(4-2)21-23-26)18-15-12-9-10-13-16-19-27(28)29;/h2*4,20-23,25H,2-3,5-19H2,1H3,(H,28,29);/q;;+2/p-2. The van der Waals surface area contributed by atoms with Crippen LogP contribution in [0.1, 0.15) is 253 Å². The summed E-state index contributed by atoms with van der Waals surface area (Å²) in [7, 11) is 0. The fourth-order valence-electron chi connectivity index (χ4n) is 8.19. The molecule has 0 aliphatic heterocycles. The third-order valence-corrected chi connectivity index (χ3v) is 12.0. The number of carboxylic acid groups (broad SMARTS) is 2. The van der Waals surface area contributed by atoms with Crippen LogP contribution in [0.4, 0.5) is 0 Å². The number of benzene rings is 2. The molecule has 2 rings (SSSR count). The summed E-state index contributed by atoms with van der Waals surface area (Å²) >= 11 is 0. The first-order valence-electron chi connectivity index (χ1n) is 24.2. The quantitative estimate of drug-likeness (QED) is 0.0498. The molecule has 333 valence electrons. The van der Waals surface area contributed by atoms with Gasteiger partial charge in [-0.05, 0) is 85.5 Å². The minimum absolute atomic E-state index is 0. The first-order valence-corrected chi connectivity index (χ1v) is 24.2. The SMILES string of the molecule is C=Cc1ccc(C(CCCCCCCCC)CCCCCCCCC(=O)[O-])cc1.C=Cc1ccc(C(CCCCCCCCC)CCCCCCCCC(=O)[O-])cc1.[Mn+2]. The molecular weight excluding hydrogens is 768 g/mol. The van der Waals surface area contributed by atoms with Crippen molar-refractivity contribution in [1.82, 2.24) is 0 Å². The van der Waals surface area contributed by atoms with Gasteiger partial charge in [-0.15, -0.1) is 0 Å². The van der Waals surface area contributed by atoms with Crippen LogP contribution in [-0.2, 0) is 26.7 Å². The monoisotopic (exact) mass is 854 g/mol. The van der Waals surface area contributed by atoms with Crippen molar-refractivity contribution >= 4 is 24.1 Å². The third kappa shape index (κ3) is 32.8. The molecule has 1 radical (unpaired) electrons. The van der Waals surface area contributed by atoms with Crippen molar-refractivity contribution in [3.8, 4) is 0 Å². The van der Waals surface area contributed by atoms with Gasteiger partial charge in [0, 0.05) is 11.9 Å². The summed E-state index contributed by atoms with van der Waals surface area (Å²) in [5.74, 6) is -0.494.